The van der Waals surface area contributed by atoms with Crippen molar-refractivity contribution >= 4 is 27.5 Å². The SMILES string of the molecule is COC1=CC(=O)c2c(O)c(Br)c(OC)c(O)c2C1=O. The summed E-state index contributed by atoms with van der Waals surface area (Å²) < 4.78 is 9.67. The van der Waals surface area contributed by atoms with E-state index in [1.54, 1.807) is 0 Å². The minimum Gasteiger partial charge on any atom is -0.506 e. The molecule has 2 N–H and O–H groups in total. The quantitative estimate of drug-likeness (QED) is 0.804. The van der Waals surface area contributed by atoms with Gasteiger partial charge in [-0.2, -0.15) is 0 Å². The lowest BCUT2D eigenvalue weighted by molar-refractivity contribution is 0.0911. The zero-order chi connectivity index (χ0) is 14.3. The third kappa shape index (κ3) is 1.77. The molecule has 0 saturated carbocycles. The summed E-state index contributed by atoms with van der Waals surface area (Å²) in [4.78, 5) is 23.9. The molecule has 19 heavy (non-hydrogen) atoms. The number of allylic oxidation sites excluding steroid dienone is 2. The molecule has 0 saturated heterocycles. The Hall–Kier alpha value is -2.02. The van der Waals surface area contributed by atoms with Gasteiger partial charge in [0.05, 0.1) is 25.3 Å². The molecule has 0 spiro atoms. The molecule has 7 heteroatoms. The van der Waals surface area contributed by atoms with Crippen LogP contribution in [0.2, 0.25) is 0 Å². The van der Waals surface area contributed by atoms with E-state index < -0.39 is 23.1 Å². The van der Waals surface area contributed by atoms with Crippen molar-refractivity contribution in [3.05, 3.63) is 27.4 Å². The molecule has 0 fully saturated rings. The lowest BCUT2D eigenvalue weighted by Gasteiger charge is -2.19. The van der Waals surface area contributed by atoms with Gasteiger partial charge < -0.3 is 19.7 Å². The molecule has 100 valence electrons. The van der Waals surface area contributed by atoms with Crippen LogP contribution in [0.1, 0.15) is 20.7 Å². The fourth-order valence-corrected chi connectivity index (χ4v) is 2.40. The van der Waals surface area contributed by atoms with Crippen molar-refractivity contribution in [2.24, 2.45) is 0 Å². The molecular formula is C12H9BrO6. The summed E-state index contributed by atoms with van der Waals surface area (Å²) in [6.45, 7) is 0. The Morgan fingerprint density at radius 2 is 1.68 bits per heavy atom. The molecule has 1 aromatic rings. The van der Waals surface area contributed by atoms with Gasteiger partial charge in [0.25, 0.3) is 0 Å². The number of aromatic hydroxyl groups is 2. The highest BCUT2D eigenvalue weighted by molar-refractivity contribution is 9.10. The fraction of sp³-hybridized carbons (Fsp3) is 0.167. The number of ketones is 2. The van der Waals surface area contributed by atoms with E-state index in [0.717, 1.165) is 6.08 Å². The number of halogens is 1. The van der Waals surface area contributed by atoms with Crippen LogP contribution in [0.15, 0.2) is 16.3 Å². The number of carbonyl (C=O) groups is 2. The summed E-state index contributed by atoms with van der Waals surface area (Å²) in [7, 11) is 2.49. The number of phenolic OH excluding ortho intramolecular Hbond substituents is 2. The summed E-state index contributed by atoms with van der Waals surface area (Å²) in [5.74, 6) is -2.66. The molecule has 1 aliphatic carbocycles. The Morgan fingerprint density at radius 3 is 2.21 bits per heavy atom. The second-order valence-electron chi connectivity index (χ2n) is 3.70. The van der Waals surface area contributed by atoms with Crippen molar-refractivity contribution in [3.8, 4) is 17.2 Å². The molecule has 6 nitrogen and oxygen atoms in total. The smallest absolute Gasteiger partial charge is 0.232 e. The topological polar surface area (TPSA) is 93.1 Å². The summed E-state index contributed by atoms with van der Waals surface area (Å²) in [6.07, 6.45) is 0.961. The van der Waals surface area contributed by atoms with Crippen LogP contribution >= 0.6 is 15.9 Å². The van der Waals surface area contributed by atoms with E-state index in [1.807, 2.05) is 0 Å². The second kappa shape index (κ2) is 4.58. The molecule has 1 aliphatic rings. The number of hydrogen-bond acceptors (Lipinski definition) is 6. The molecule has 0 aromatic heterocycles. The lowest BCUT2D eigenvalue weighted by atomic mass is 9.91. The van der Waals surface area contributed by atoms with E-state index in [-0.39, 0.29) is 27.1 Å². The predicted molar refractivity (Wildman–Crippen MR) is 67.8 cm³/mol. The molecule has 1 aromatic carbocycles. The van der Waals surface area contributed by atoms with Crippen molar-refractivity contribution in [1.29, 1.82) is 0 Å². The molecule has 0 heterocycles. The van der Waals surface area contributed by atoms with E-state index in [4.69, 9.17) is 9.47 Å². The average Bonchev–Trinajstić information content (AvgIpc) is 2.38. The Morgan fingerprint density at radius 1 is 1.05 bits per heavy atom. The Balaban J connectivity index is 2.86. The van der Waals surface area contributed by atoms with Gasteiger partial charge in [-0.05, 0) is 15.9 Å². The molecular weight excluding hydrogens is 320 g/mol. The van der Waals surface area contributed by atoms with Gasteiger partial charge >= 0.3 is 0 Å². The van der Waals surface area contributed by atoms with Gasteiger partial charge in [-0.25, -0.2) is 0 Å². The highest BCUT2D eigenvalue weighted by Gasteiger charge is 2.35. The van der Waals surface area contributed by atoms with Gasteiger partial charge in [-0.15, -0.1) is 0 Å². The van der Waals surface area contributed by atoms with Crippen LogP contribution < -0.4 is 4.74 Å². The number of Topliss-reactive ketones (excluding diaryl/α,β-unsaturated/α-hetero) is 1. The van der Waals surface area contributed by atoms with Gasteiger partial charge in [0, 0.05) is 6.08 Å². The number of methoxy groups -OCH3 is 2. The van der Waals surface area contributed by atoms with Crippen LogP contribution in [0.3, 0.4) is 0 Å². The first-order chi connectivity index (χ1) is 8.93. The number of ether oxygens (including phenoxy) is 2. The number of hydrogen-bond donors (Lipinski definition) is 2. The van der Waals surface area contributed by atoms with Crippen LogP contribution in [0.5, 0.6) is 17.2 Å². The Labute approximate surface area is 116 Å². The third-order valence-electron chi connectivity index (χ3n) is 2.73. The predicted octanol–water partition coefficient (Wildman–Crippen LogP) is 1.78. The molecule has 0 aliphatic heterocycles. The van der Waals surface area contributed by atoms with Crippen LogP contribution in [-0.4, -0.2) is 36.0 Å². The van der Waals surface area contributed by atoms with Gasteiger partial charge in [-0.1, -0.05) is 0 Å². The third-order valence-corrected chi connectivity index (χ3v) is 3.47. The Kier molecular flexibility index (Phi) is 3.23. The van der Waals surface area contributed by atoms with Crippen molar-refractivity contribution in [3.63, 3.8) is 0 Å². The standard InChI is InChI=1S/C12H9BrO6/c1-18-5-3-4(14)6-7(9(5)15)11(17)12(19-2)8(13)10(6)16/h3,16-17H,1-2H3. The maximum absolute atomic E-state index is 12.1. The van der Waals surface area contributed by atoms with E-state index in [1.165, 1.54) is 14.2 Å². The summed E-state index contributed by atoms with van der Waals surface area (Å²) in [5, 5.41) is 20.0. The van der Waals surface area contributed by atoms with Gasteiger partial charge in [0.2, 0.25) is 5.78 Å². The number of rotatable bonds is 2. The van der Waals surface area contributed by atoms with Crippen molar-refractivity contribution in [2.75, 3.05) is 14.2 Å². The van der Waals surface area contributed by atoms with Gasteiger partial charge in [-0.3, -0.25) is 9.59 Å². The highest BCUT2D eigenvalue weighted by atomic mass is 79.9. The average molecular weight is 329 g/mol. The second-order valence-corrected chi connectivity index (χ2v) is 4.49. The Bertz CT molecular complexity index is 632. The number of carbonyl (C=O) groups excluding carboxylic acids is 2. The monoisotopic (exact) mass is 328 g/mol. The van der Waals surface area contributed by atoms with Crippen LogP contribution in [0.4, 0.5) is 0 Å². The molecule has 0 amide bonds. The van der Waals surface area contributed by atoms with Crippen LogP contribution in [0.25, 0.3) is 0 Å². The van der Waals surface area contributed by atoms with Crippen LogP contribution in [-0.2, 0) is 4.74 Å². The number of fused-ring (bicyclic) bond motifs is 1. The zero-order valence-corrected chi connectivity index (χ0v) is 11.6. The van der Waals surface area contributed by atoms with Crippen molar-refractivity contribution < 1.29 is 29.3 Å². The summed E-state index contributed by atoms with van der Waals surface area (Å²) in [5.41, 5.74) is -0.613. The first kappa shape index (κ1) is 13.4. The normalized spacial score (nSPS) is 13.9. The van der Waals surface area contributed by atoms with E-state index in [2.05, 4.69) is 15.9 Å². The molecule has 0 atom stereocenters. The summed E-state index contributed by atoms with van der Waals surface area (Å²) in [6, 6.07) is 0. The fourth-order valence-electron chi connectivity index (χ4n) is 1.85. The van der Waals surface area contributed by atoms with Crippen LogP contribution in [0, 0.1) is 0 Å². The van der Waals surface area contributed by atoms with E-state index in [0.29, 0.717) is 0 Å². The van der Waals surface area contributed by atoms with Gasteiger partial charge in [0.1, 0.15) is 10.2 Å². The van der Waals surface area contributed by atoms with E-state index in [9.17, 15) is 19.8 Å². The lowest BCUT2D eigenvalue weighted by Crippen LogP contribution is -2.19. The maximum Gasteiger partial charge on any atom is 0.232 e. The number of phenols is 2. The first-order valence-corrected chi connectivity index (χ1v) is 5.89. The number of benzene rings is 1. The first-order valence-electron chi connectivity index (χ1n) is 5.10. The zero-order valence-electron chi connectivity index (χ0n) is 9.98. The summed E-state index contributed by atoms with van der Waals surface area (Å²) >= 11 is 3.00. The minimum atomic E-state index is -0.698. The highest BCUT2D eigenvalue weighted by Crippen LogP contribution is 2.48. The van der Waals surface area contributed by atoms with E-state index >= 15 is 0 Å². The molecule has 0 radical (unpaired) electrons. The van der Waals surface area contributed by atoms with Crippen molar-refractivity contribution in [2.45, 2.75) is 0 Å². The largest absolute Gasteiger partial charge is 0.506 e. The molecule has 2 rings (SSSR count). The minimum absolute atomic E-state index is 0.00154. The molecule has 0 bridgehead atoms. The maximum atomic E-state index is 12.1. The molecule has 0 unspecified atom stereocenters. The van der Waals surface area contributed by atoms with Crippen molar-refractivity contribution in [1.82, 2.24) is 0 Å². The van der Waals surface area contributed by atoms with Gasteiger partial charge in [0.15, 0.2) is 23.0 Å².